The van der Waals surface area contributed by atoms with Gasteiger partial charge in [0, 0.05) is 0 Å². The molecule has 1 rings (SSSR count). The molecule has 0 spiro atoms. The van der Waals surface area contributed by atoms with Gasteiger partial charge in [0.15, 0.2) is 0 Å². The zero-order valence-electron chi connectivity index (χ0n) is 6.14. The molecule has 5 nitrogen and oxygen atoms in total. The van der Waals surface area contributed by atoms with Crippen LogP contribution < -0.4 is 4.74 Å². The minimum absolute atomic E-state index is 0.198. The van der Waals surface area contributed by atoms with E-state index in [2.05, 4.69) is 15.0 Å². The summed E-state index contributed by atoms with van der Waals surface area (Å²) >= 11 is 0. The number of hydrogen-bond acceptors (Lipinski definition) is 5. The minimum Gasteiger partial charge on any atom is -0.461 e. The van der Waals surface area contributed by atoms with Crippen molar-refractivity contribution in [3.8, 4) is 6.01 Å². The molecule has 5 heteroatoms. The van der Waals surface area contributed by atoms with E-state index < -0.39 is 6.10 Å². The summed E-state index contributed by atoms with van der Waals surface area (Å²) in [5.74, 6) is 0. The van der Waals surface area contributed by atoms with Gasteiger partial charge in [0.2, 0.25) is 0 Å². The molecule has 1 N–H and O–H groups in total. The summed E-state index contributed by atoms with van der Waals surface area (Å²) in [6.45, 7) is 1.82. The van der Waals surface area contributed by atoms with Crippen molar-refractivity contribution in [3.05, 3.63) is 12.7 Å². The summed E-state index contributed by atoms with van der Waals surface area (Å²) in [6.07, 6.45) is 2.17. The number of aliphatic hydroxyl groups is 1. The van der Waals surface area contributed by atoms with Crippen LogP contribution >= 0.6 is 0 Å². The highest BCUT2D eigenvalue weighted by molar-refractivity contribution is 4.86. The molecular weight excluding hydrogens is 146 g/mol. The third-order valence-corrected chi connectivity index (χ3v) is 0.923. The van der Waals surface area contributed by atoms with Gasteiger partial charge in [-0.05, 0) is 6.92 Å². The highest BCUT2D eigenvalue weighted by Gasteiger charge is 1.98. The van der Waals surface area contributed by atoms with Gasteiger partial charge in [0.25, 0.3) is 0 Å². The van der Waals surface area contributed by atoms with E-state index in [1.807, 2.05) is 0 Å². The summed E-state index contributed by atoms with van der Waals surface area (Å²) in [6, 6.07) is 0.237. The van der Waals surface area contributed by atoms with Crippen LogP contribution in [0.1, 0.15) is 6.92 Å². The molecule has 0 amide bonds. The smallest absolute Gasteiger partial charge is 0.319 e. The normalized spacial score (nSPS) is 12.5. The van der Waals surface area contributed by atoms with Crippen molar-refractivity contribution in [2.75, 3.05) is 6.61 Å². The van der Waals surface area contributed by atoms with E-state index in [9.17, 15) is 0 Å². The SMILES string of the molecule is CC(O)COc1ncncn1. The minimum atomic E-state index is -0.508. The van der Waals surface area contributed by atoms with E-state index in [-0.39, 0.29) is 12.6 Å². The Hall–Kier alpha value is -1.23. The van der Waals surface area contributed by atoms with Gasteiger partial charge in [-0.2, -0.15) is 9.97 Å². The molecule has 11 heavy (non-hydrogen) atoms. The van der Waals surface area contributed by atoms with E-state index >= 15 is 0 Å². The molecule has 1 heterocycles. The van der Waals surface area contributed by atoms with E-state index in [1.54, 1.807) is 6.92 Å². The zero-order valence-corrected chi connectivity index (χ0v) is 6.14. The molecule has 60 valence electrons. The van der Waals surface area contributed by atoms with E-state index in [0.29, 0.717) is 0 Å². The first kappa shape index (κ1) is 7.87. The molecular formula is C6H9N3O2. The number of ether oxygens (including phenoxy) is 1. The molecule has 0 aliphatic rings. The number of rotatable bonds is 3. The lowest BCUT2D eigenvalue weighted by Gasteiger charge is -2.04. The lowest BCUT2D eigenvalue weighted by molar-refractivity contribution is 0.116. The standard InChI is InChI=1S/C6H9N3O2/c1-5(10)2-11-6-8-3-7-4-9-6/h3-5,10H,2H2,1H3. The van der Waals surface area contributed by atoms with Gasteiger partial charge in [-0.1, -0.05) is 0 Å². The summed E-state index contributed by atoms with van der Waals surface area (Å²) in [5.41, 5.74) is 0. The van der Waals surface area contributed by atoms with Crippen molar-refractivity contribution in [2.24, 2.45) is 0 Å². The maximum absolute atomic E-state index is 8.82. The van der Waals surface area contributed by atoms with Crippen LogP contribution in [-0.4, -0.2) is 32.8 Å². The fourth-order valence-electron chi connectivity index (χ4n) is 0.498. The molecule has 1 unspecified atom stereocenters. The van der Waals surface area contributed by atoms with Crippen LogP contribution in [0.4, 0.5) is 0 Å². The fraction of sp³-hybridized carbons (Fsp3) is 0.500. The molecule has 0 aliphatic heterocycles. The molecule has 0 radical (unpaired) electrons. The summed E-state index contributed by atoms with van der Waals surface area (Å²) in [5, 5.41) is 8.82. The Labute approximate surface area is 64.1 Å². The summed E-state index contributed by atoms with van der Waals surface area (Å²) < 4.78 is 4.96. The maximum Gasteiger partial charge on any atom is 0.319 e. The Balaban J connectivity index is 2.39. The average Bonchev–Trinajstić information content (AvgIpc) is 2.03. The predicted molar refractivity (Wildman–Crippen MR) is 37.0 cm³/mol. The average molecular weight is 155 g/mol. The van der Waals surface area contributed by atoms with Gasteiger partial charge in [0.05, 0.1) is 6.10 Å². The van der Waals surface area contributed by atoms with Crippen LogP contribution in [0.2, 0.25) is 0 Å². The van der Waals surface area contributed by atoms with Crippen molar-refractivity contribution in [2.45, 2.75) is 13.0 Å². The highest BCUT2D eigenvalue weighted by atomic mass is 16.5. The van der Waals surface area contributed by atoms with Crippen LogP contribution in [-0.2, 0) is 0 Å². The first-order valence-electron chi connectivity index (χ1n) is 3.22. The van der Waals surface area contributed by atoms with Crippen LogP contribution in [0.5, 0.6) is 6.01 Å². The first-order valence-corrected chi connectivity index (χ1v) is 3.22. The van der Waals surface area contributed by atoms with E-state index in [0.717, 1.165) is 0 Å². The molecule has 0 aliphatic carbocycles. The Morgan fingerprint density at radius 1 is 1.55 bits per heavy atom. The van der Waals surface area contributed by atoms with Crippen molar-refractivity contribution in [1.82, 2.24) is 15.0 Å². The summed E-state index contributed by atoms with van der Waals surface area (Å²) in [4.78, 5) is 11.0. The monoisotopic (exact) mass is 155 g/mol. The fourth-order valence-corrected chi connectivity index (χ4v) is 0.498. The highest BCUT2D eigenvalue weighted by Crippen LogP contribution is 1.95. The third-order valence-electron chi connectivity index (χ3n) is 0.923. The maximum atomic E-state index is 8.82. The quantitative estimate of drug-likeness (QED) is 0.645. The Morgan fingerprint density at radius 3 is 2.73 bits per heavy atom. The number of aliphatic hydroxyl groups excluding tert-OH is 1. The molecule has 1 aromatic heterocycles. The van der Waals surface area contributed by atoms with Gasteiger partial charge < -0.3 is 9.84 Å². The van der Waals surface area contributed by atoms with Crippen LogP contribution in [0.15, 0.2) is 12.7 Å². The third kappa shape index (κ3) is 2.90. The molecule has 0 bridgehead atoms. The van der Waals surface area contributed by atoms with E-state index in [1.165, 1.54) is 12.7 Å². The topological polar surface area (TPSA) is 68.1 Å². The van der Waals surface area contributed by atoms with Crippen molar-refractivity contribution in [3.63, 3.8) is 0 Å². The lowest BCUT2D eigenvalue weighted by Crippen LogP contribution is -2.14. The predicted octanol–water partition coefficient (Wildman–Crippen LogP) is -0.369. The largest absolute Gasteiger partial charge is 0.461 e. The van der Waals surface area contributed by atoms with Crippen molar-refractivity contribution in [1.29, 1.82) is 0 Å². The number of aromatic nitrogens is 3. The Kier molecular flexibility index (Phi) is 2.74. The number of hydrogen-bond donors (Lipinski definition) is 1. The van der Waals surface area contributed by atoms with Gasteiger partial charge in [-0.15, -0.1) is 0 Å². The Bertz CT molecular complexity index is 202. The number of nitrogens with zero attached hydrogens (tertiary/aromatic N) is 3. The zero-order chi connectivity index (χ0) is 8.10. The van der Waals surface area contributed by atoms with Crippen LogP contribution in [0, 0.1) is 0 Å². The first-order chi connectivity index (χ1) is 5.29. The second-order valence-electron chi connectivity index (χ2n) is 2.08. The van der Waals surface area contributed by atoms with Gasteiger partial charge >= 0.3 is 6.01 Å². The van der Waals surface area contributed by atoms with Crippen molar-refractivity contribution >= 4 is 0 Å². The van der Waals surface area contributed by atoms with E-state index in [4.69, 9.17) is 9.84 Å². The molecule has 0 saturated carbocycles. The Morgan fingerprint density at radius 2 is 2.18 bits per heavy atom. The second kappa shape index (κ2) is 3.82. The van der Waals surface area contributed by atoms with Gasteiger partial charge in [0.1, 0.15) is 19.3 Å². The second-order valence-corrected chi connectivity index (χ2v) is 2.08. The summed E-state index contributed by atoms with van der Waals surface area (Å²) in [7, 11) is 0. The van der Waals surface area contributed by atoms with Gasteiger partial charge in [-0.25, -0.2) is 4.98 Å². The van der Waals surface area contributed by atoms with Crippen LogP contribution in [0.25, 0.3) is 0 Å². The molecule has 0 saturated heterocycles. The molecule has 1 atom stereocenters. The molecule has 1 aromatic rings. The van der Waals surface area contributed by atoms with Gasteiger partial charge in [-0.3, -0.25) is 0 Å². The lowest BCUT2D eigenvalue weighted by atomic mass is 10.4. The van der Waals surface area contributed by atoms with Crippen LogP contribution in [0.3, 0.4) is 0 Å². The van der Waals surface area contributed by atoms with Crippen molar-refractivity contribution < 1.29 is 9.84 Å². The molecule has 0 fully saturated rings. The molecule has 0 aromatic carbocycles.